The smallest absolute Gasteiger partial charge is 0.192 e. The molecule has 0 amide bonds. The number of aliphatic hydroxyl groups is 1. The van der Waals surface area contributed by atoms with E-state index in [0.717, 1.165) is 19.3 Å². The van der Waals surface area contributed by atoms with E-state index >= 15 is 0 Å². The molecular weight excluding hydrogens is 252 g/mol. The lowest BCUT2D eigenvalue weighted by atomic mass is 10.1. The van der Waals surface area contributed by atoms with E-state index in [1.54, 1.807) is 0 Å². The number of hydrogen-bond acceptors (Lipinski definition) is 2. The third-order valence-corrected chi connectivity index (χ3v) is 8.81. The molecule has 0 heterocycles. The fourth-order valence-corrected chi connectivity index (χ4v) is 3.14. The summed E-state index contributed by atoms with van der Waals surface area (Å²) in [6.07, 6.45) is 4.50. The summed E-state index contributed by atoms with van der Waals surface area (Å²) in [5.74, 6) is 0. The van der Waals surface area contributed by atoms with Crippen LogP contribution in [0.2, 0.25) is 18.1 Å². The molecule has 0 saturated carbocycles. The van der Waals surface area contributed by atoms with E-state index < -0.39 is 8.32 Å². The van der Waals surface area contributed by atoms with Crippen LogP contribution in [0.1, 0.15) is 60.8 Å². The van der Waals surface area contributed by atoms with Crippen LogP contribution in [-0.2, 0) is 4.43 Å². The minimum absolute atomic E-state index is 0.131. The molecule has 114 valence electrons. The van der Waals surface area contributed by atoms with Gasteiger partial charge in [0.15, 0.2) is 8.32 Å². The number of hydrogen-bond donors (Lipinski definition) is 1. The topological polar surface area (TPSA) is 29.5 Å². The minimum atomic E-state index is -1.71. The van der Waals surface area contributed by atoms with Crippen molar-refractivity contribution >= 4 is 8.32 Å². The van der Waals surface area contributed by atoms with Crippen LogP contribution in [-0.4, -0.2) is 25.6 Å². The molecule has 19 heavy (non-hydrogen) atoms. The van der Waals surface area contributed by atoms with Gasteiger partial charge in [0.1, 0.15) is 0 Å². The summed E-state index contributed by atoms with van der Waals surface area (Å²) < 4.78 is 6.26. The first-order valence-corrected chi connectivity index (χ1v) is 10.4. The molecule has 0 radical (unpaired) electrons. The fourth-order valence-electron chi connectivity index (χ4n) is 1.69. The lowest BCUT2D eigenvalue weighted by Crippen LogP contribution is -2.43. The van der Waals surface area contributed by atoms with E-state index in [4.69, 9.17) is 4.43 Å². The molecule has 0 aromatic heterocycles. The van der Waals surface area contributed by atoms with Gasteiger partial charge in [0.05, 0.1) is 6.10 Å². The lowest BCUT2D eigenvalue weighted by molar-refractivity contribution is 0.0972. The summed E-state index contributed by atoms with van der Waals surface area (Å²) in [5, 5.41) is 10.3. The van der Waals surface area contributed by atoms with Crippen molar-refractivity contribution in [2.45, 2.75) is 91.1 Å². The third-order valence-electron chi connectivity index (χ3n) is 4.20. The minimum Gasteiger partial charge on any atom is -0.414 e. The standard InChI is InChI=1S/C16H34O2Si/c1-9-13(2)10-11-15(17)12-14(3)18-19(7,8)16(4,5)6/h10,14-15,17H,9,11-12H2,1-8H3/b13-10+/t14-,15+/m0/s1. The van der Waals surface area contributed by atoms with Gasteiger partial charge in [0, 0.05) is 6.10 Å². The van der Waals surface area contributed by atoms with E-state index in [1.807, 2.05) is 0 Å². The van der Waals surface area contributed by atoms with Crippen molar-refractivity contribution in [2.24, 2.45) is 0 Å². The van der Waals surface area contributed by atoms with Crippen molar-refractivity contribution in [3.63, 3.8) is 0 Å². The average molecular weight is 287 g/mol. The molecule has 2 nitrogen and oxygen atoms in total. The Morgan fingerprint density at radius 2 is 1.84 bits per heavy atom. The maximum absolute atomic E-state index is 10.1. The highest BCUT2D eigenvalue weighted by Crippen LogP contribution is 2.37. The monoisotopic (exact) mass is 286 g/mol. The molecule has 0 unspecified atom stereocenters. The van der Waals surface area contributed by atoms with Gasteiger partial charge >= 0.3 is 0 Å². The Kier molecular flexibility index (Phi) is 7.55. The van der Waals surface area contributed by atoms with E-state index in [1.165, 1.54) is 5.57 Å². The highest BCUT2D eigenvalue weighted by atomic mass is 28.4. The quantitative estimate of drug-likeness (QED) is 0.533. The van der Waals surface area contributed by atoms with Gasteiger partial charge in [0.25, 0.3) is 0 Å². The van der Waals surface area contributed by atoms with Crippen LogP contribution >= 0.6 is 0 Å². The van der Waals surface area contributed by atoms with Crippen LogP contribution in [0.25, 0.3) is 0 Å². The predicted molar refractivity (Wildman–Crippen MR) is 87.0 cm³/mol. The zero-order valence-corrected chi connectivity index (χ0v) is 15.2. The van der Waals surface area contributed by atoms with Gasteiger partial charge < -0.3 is 9.53 Å². The van der Waals surface area contributed by atoms with E-state index in [2.05, 4.69) is 60.7 Å². The van der Waals surface area contributed by atoms with Gasteiger partial charge in [-0.15, -0.1) is 0 Å². The molecule has 2 atom stereocenters. The van der Waals surface area contributed by atoms with Crippen molar-refractivity contribution in [1.29, 1.82) is 0 Å². The van der Waals surface area contributed by atoms with Gasteiger partial charge in [-0.25, -0.2) is 0 Å². The summed E-state index contributed by atoms with van der Waals surface area (Å²) in [7, 11) is -1.71. The van der Waals surface area contributed by atoms with Crippen LogP contribution in [0.15, 0.2) is 11.6 Å². The van der Waals surface area contributed by atoms with Gasteiger partial charge in [-0.1, -0.05) is 39.3 Å². The van der Waals surface area contributed by atoms with Gasteiger partial charge in [-0.3, -0.25) is 0 Å². The normalized spacial score (nSPS) is 17.4. The zero-order valence-electron chi connectivity index (χ0n) is 14.2. The van der Waals surface area contributed by atoms with Gasteiger partial charge in [-0.05, 0) is 51.2 Å². The molecule has 0 aliphatic rings. The Labute approximate surface area is 121 Å². The first kappa shape index (κ1) is 18.9. The average Bonchev–Trinajstić information content (AvgIpc) is 2.23. The van der Waals surface area contributed by atoms with Crippen LogP contribution < -0.4 is 0 Å². The first-order chi connectivity index (χ1) is 8.49. The highest BCUT2D eigenvalue weighted by molar-refractivity contribution is 6.74. The number of rotatable bonds is 7. The molecule has 0 bridgehead atoms. The Hall–Kier alpha value is -0.123. The van der Waals surface area contributed by atoms with E-state index in [0.29, 0.717) is 0 Å². The zero-order chi connectivity index (χ0) is 15.3. The van der Waals surface area contributed by atoms with Crippen molar-refractivity contribution in [2.75, 3.05) is 0 Å². The molecule has 0 aliphatic carbocycles. The summed E-state index contributed by atoms with van der Waals surface area (Å²) in [4.78, 5) is 0. The second kappa shape index (κ2) is 7.60. The molecule has 0 rings (SSSR count). The van der Waals surface area contributed by atoms with Crippen molar-refractivity contribution in [1.82, 2.24) is 0 Å². The molecule has 0 fully saturated rings. The SMILES string of the molecule is CC/C(C)=C/C[C@@H](O)C[C@H](C)O[Si](C)(C)C(C)(C)C. The van der Waals surface area contributed by atoms with Gasteiger partial charge in [-0.2, -0.15) is 0 Å². The Morgan fingerprint density at radius 1 is 1.32 bits per heavy atom. The Bertz CT molecular complexity index is 290. The summed E-state index contributed by atoms with van der Waals surface area (Å²) in [6.45, 7) is 17.6. The van der Waals surface area contributed by atoms with E-state index in [-0.39, 0.29) is 17.2 Å². The van der Waals surface area contributed by atoms with Crippen LogP contribution in [0.4, 0.5) is 0 Å². The van der Waals surface area contributed by atoms with E-state index in [9.17, 15) is 5.11 Å². The number of allylic oxidation sites excluding steroid dienone is 1. The highest BCUT2D eigenvalue weighted by Gasteiger charge is 2.38. The molecular formula is C16H34O2Si. The molecule has 0 aromatic carbocycles. The molecule has 0 aliphatic heterocycles. The van der Waals surface area contributed by atoms with Gasteiger partial charge in [0.2, 0.25) is 0 Å². The summed E-state index contributed by atoms with van der Waals surface area (Å²) in [5.41, 5.74) is 1.34. The third kappa shape index (κ3) is 7.28. The largest absolute Gasteiger partial charge is 0.414 e. The molecule has 0 spiro atoms. The molecule has 0 saturated heterocycles. The van der Waals surface area contributed by atoms with Crippen molar-refractivity contribution in [3.05, 3.63) is 11.6 Å². The van der Waals surface area contributed by atoms with Crippen molar-refractivity contribution < 1.29 is 9.53 Å². The first-order valence-electron chi connectivity index (χ1n) is 7.51. The molecule has 3 heteroatoms. The summed E-state index contributed by atoms with van der Waals surface area (Å²) >= 11 is 0. The van der Waals surface area contributed by atoms with Crippen LogP contribution in [0.3, 0.4) is 0 Å². The van der Waals surface area contributed by atoms with Crippen molar-refractivity contribution in [3.8, 4) is 0 Å². The second-order valence-corrected chi connectivity index (χ2v) is 12.0. The summed E-state index contributed by atoms with van der Waals surface area (Å²) in [6, 6.07) is 0. The lowest BCUT2D eigenvalue weighted by Gasteiger charge is -2.38. The molecule has 0 aromatic rings. The predicted octanol–water partition coefficient (Wildman–Crippen LogP) is 4.89. The second-order valence-electron chi connectivity index (χ2n) is 7.22. The fraction of sp³-hybridized carbons (Fsp3) is 0.875. The maximum atomic E-state index is 10.1. The Morgan fingerprint density at radius 3 is 2.26 bits per heavy atom. The maximum Gasteiger partial charge on any atom is 0.192 e. The number of aliphatic hydroxyl groups excluding tert-OH is 1. The Balaban J connectivity index is 4.28. The van der Waals surface area contributed by atoms with Crippen LogP contribution in [0, 0.1) is 0 Å². The molecule has 1 N–H and O–H groups in total. The van der Waals surface area contributed by atoms with Crippen LogP contribution in [0.5, 0.6) is 0 Å².